The first kappa shape index (κ1) is 7.03. The van der Waals surface area contributed by atoms with Crippen LogP contribution >= 0.6 is 0 Å². The molecule has 54 valence electrons. The number of hydrogen-bond donors (Lipinski definition) is 1. The fourth-order valence-corrected chi connectivity index (χ4v) is 1.22. The van der Waals surface area contributed by atoms with Gasteiger partial charge < -0.3 is 10.5 Å². The van der Waals surface area contributed by atoms with Gasteiger partial charge in [0.2, 0.25) is 0 Å². The Kier molecular flexibility index (Phi) is 1.78. The molecule has 0 aromatic rings. The van der Waals surface area contributed by atoms with Gasteiger partial charge in [0.25, 0.3) is 0 Å². The van der Waals surface area contributed by atoms with Crippen molar-refractivity contribution in [2.24, 2.45) is 5.73 Å². The Morgan fingerprint density at radius 2 is 2.22 bits per heavy atom. The molecule has 1 aliphatic rings. The molecule has 2 N–H and O–H groups in total. The van der Waals surface area contributed by atoms with Gasteiger partial charge >= 0.3 is 0 Å². The van der Waals surface area contributed by atoms with Crippen LogP contribution in [-0.4, -0.2) is 18.8 Å². The first-order valence-corrected chi connectivity index (χ1v) is 3.49. The van der Waals surface area contributed by atoms with Crippen molar-refractivity contribution in [2.45, 2.75) is 37.8 Å². The highest BCUT2D eigenvalue weighted by atomic mass is 16.5. The average Bonchev–Trinajstić information content (AvgIpc) is 2.48. The normalized spacial score (nSPS) is 25.7. The topological polar surface area (TPSA) is 35.2 Å². The summed E-state index contributed by atoms with van der Waals surface area (Å²) in [6.45, 7) is 2.03. The van der Waals surface area contributed by atoms with Gasteiger partial charge in [0.15, 0.2) is 0 Å². The highest BCUT2D eigenvalue weighted by Crippen LogP contribution is 2.42. The first-order chi connectivity index (χ1) is 4.18. The monoisotopic (exact) mass is 129 g/mol. The van der Waals surface area contributed by atoms with Crippen LogP contribution in [0, 0.1) is 0 Å². The zero-order valence-electron chi connectivity index (χ0n) is 6.18. The zero-order chi connectivity index (χ0) is 6.91. The number of ether oxygens (including phenoxy) is 1. The summed E-state index contributed by atoms with van der Waals surface area (Å²) < 4.78 is 5.28. The second-order valence-corrected chi connectivity index (χ2v) is 3.07. The van der Waals surface area contributed by atoms with Gasteiger partial charge in [0.1, 0.15) is 0 Å². The van der Waals surface area contributed by atoms with Gasteiger partial charge in [0, 0.05) is 13.2 Å². The van der Waals surface area contributed by atoms with E-state index in [1.807, 2.05) is 6.92 Å². The largest absolute Gasteiger partial charge is 0.378 e. The molecule has 9 heavy (non-hydrogen) atoms. The lowest BCUT2D eigenvalue weighted by Crippen LogP contribution is -2.25. The highest BCUT2D eigenvalue weighted by molar-refractivity contribution is 4.96. The second kappa shape index (κ2) is 2.27. The van der Waals surface area contributed by atoms with Gasteiger partial charge in [-0.2, -0.15) is 0 Å². The van der Waals surface area contributed by atoms with Crippen molar-refractivity contribution in [3.05, 3.63) is 0 Å². The van der Waals surface area contributed by atoms with Crippen molar-refractivity contribution in [1.82, 2.24) is 0 Å². The van der Waals surface area contributed by atoms with E-state index in [1.54, 1.807) is 7.11 Å². The summed E-state index contributed by atoms with van der Waals surface area (Å²) >= 11 is 0. The van der Waals surface area contributed by atoms with Crippen molar-refractivity contribution in [2.75, 3.05) is 7.11 Å². The second-order valence-electron chi connectivity index (χ2n) is 3.07. The highest BCUT2D eigenvalue weighted by Gasteiger charge is 2.43. The Bertz CT molecular complexity index is 97.1. The maximum atomic E-state index is 5.61. The van der Waals surface area contributed by atoms with E-state index in [9.17, 15) is 0 Å². The maximum Gasteiger partial charge on any atom is 0.0695 e. The Labute approximate surface area is 56.4 Å². The van der Waals surface area contributed by atoms with Gasteiger partial charge in [0.05, 0.1) is 5.60 Å². The molecule has 0 aliphatic heterocycles. The summed E-state index contributed by atoms with van der Waals surface area (Å²) in [5, 5.41) is 0. The van der Waals surface area contributed by atoms with Crippen LogP contribution in [0.15, 0.2) is 0 Å². The van der Waals surface area contributed by atoms with Gasteiger partial charge in [-0.1, -0.05) is 0 Å². The van der Waals surface area contributed by atoms with E-state index in [-0.39, 0.29) is 11.6 Å². The van der Waals surface area contributed by atoms with Crippen molar-refractivity contribution >= 4 is 0 Å². The van der Waals surface area contributed by atoms with Gasteiger partial charge in [-0.25, -0.2) is 0 Å². The molecular formula is C7H15NO. The molecule has 1 saturated carbocycles. The molecule has 0 saturated heterocycles. The molecule has 0 spiro atoms. The minimum absolute atomic E-state index is 0.189. The summed E-state index contributed by atoms with van der Waals surface area (Å²) in [5.74, 6) is 0. The summed E-state index contributed by atoms with van der Waals surface area (Å²) in [5.41, 5.74) is 5.80. The predicted octanol–water partition coefficient (Wildman–Crippen LogP) is 0.903. The minimum Gasteiger partial charge on any atom is -0.378 e. The van der Waals surface area contributed by atoms with Crippen molar-refractivity contribution in [1.29, 1.82) is 0 Å². The van der Waals surface area contributed by atoms with Crippen LogP contribution in [-0.2, 0) is 4.74 Å². The van der Waals surface area contributed by atoms with Crippen LogP contribution in [0.1, 0.15) is 26.2 Å². The van der Waals surface area contributed by atoms with E-state index >= 15 is 0 Å². The number of hydrogen-bond acceptors (Lipinski definition) is 2. The minimum atomic E-state index is 0.189. The van der Waals surface area contributed by atoms with Crippen molar-refractivity contribution < 1.29 is 4.74 Å². The lowest BCUT2D eigenvalue weighted by atomic mass is 10.1. The van der Waals surface area contributed by atoms with E-state index in [0.29, 0.717) is 0 Å². The Balaban J connectivity index is 2.25. The van der Waals surface area contributed by atoms with Gasteiger partial charge in [-0.3, -0.25) is 0 Å². The van der Waals surface area contributed by atoms with Crippen molar-refractivity contribution in [3.8, 4) is 0 Å². The van der Waals surface area contributed by atoms with Crippen LogP contribution in [0.3, 0.4) is 0 Å². The Morgan fingerprint density at radius 3 is 2.33 bits per heavy atom. The third-order valence-corrected chi connectivity index (χ3v) is 1.93. The molecule has 1 unspecified atom stereocenters. The molecule has 0 bridgehead atoms. The third kappa shape index (κ3) is 1.66. The molecule has 0 aromatic heterocycles. The molecule has 1 atom stereocenters. The number of methoxy groups -OCH3 is 1. The van der Waals surface area contributed by atoms with E-state index in [4.69, 9.17) is 10.5 Å². The number of nitrogens with two attached hydrogens (primary N) is 1. The lowest BCUT2D eigenvalue weighted by Gasteiger charge is -2.14. The molecule has 1 rings (SSSR count). The molecule has 0 heterocycles. The SMILES string of the molecule is COC1(CC(C)N)CC1. The van der Waals surface area contributed by atoms with Crippen LogP contribution < -0.4 is 5.73 Å². The van der Waals surface area contributed by atoms with E-state index in [1.165, 1.54) is 12.8 Å². The Hall–Kier alpha value is -0.0800. The lowest BCUT2D eigenvalue weighted by molar-refractivity contribution is 0.0683. The van der Waals surface area contributed by atoms with Gasteiger partial charge in [-0.15, -0.1) is 0 Å². The quantitative estimate of drug-likeness (QED) is 0.614. The fraction of sp³-hybridized carbons (Fsp3) is 1.00. The smallest absolute Gasteiger partial charge is 0.0695 e. The Morgan fingerprint density at radius 1 is 1.67 bits per heavy atom. The van der Waals surface area contributed by atoms with E-state index in [2.05, 4.69) is 0 Å². The first-order valence-electron chi connectivity index (χ1n) is 3.49. The summed E-state index contributed by atoms with van der Waals surface area (Å²) in [6, 6.07) is 0.285. The fourth-order valence-electron chi connectivity index (χ4n) is 1.22. The summed E-state index contributed by atoms with van der Waals surface area (Å²) in [7, 11) is 1.77. The molecule has 1 fully saturated rings. The summed E-state index contributed by atoms with van der Waals surface area (Å²) in [4.78, 5) is 0. The summed E-state index contributed by atoms with van der Waals surface area (Å²) in [6.07, 6.45) is 3.42. The van der Waals surface area contributed by atoms with Crippen LogP contribution in [0.25, 0.3) is 0 Å². The predicted molar refractivity (Wildman–Crippen MR) is 37.2 cm³/mol. The zero-order valence-corrected chi connectivity index (χ0v) is 6.18. The maximum absolute atomic E-state index is 5.61. The molecule has 2 nitrogen and oxygen atoms in total. The van der Waals surface area contributed by atoms with Crippen LogP contribution in [0.2, 0.25) is 0 Å². The molecular weight excluding hydrogens is 114 g/mol. The molecule has 0 radical (unpaired) electrons. The molecule has 0 aromatic carbocycles. The van der Waals surface area contributed by atoms with Crippen LogP contribution in [0.5, 0.6) is 0 Å². The third-order valence-electron chi connectivity index (χ3n) is 1.93. The average molecular weight is 129 g/mol. The standard InChI is InChI=1S/C7H15NO/c1-6(8)5-7(9-2)3-4-7/h6H,3-5,8H2,1-2H3. The van der Waals surface area contributed by atoms with Crippen LogP contribution in [0.4, 0.5) is 0 Å². The van der Waals surface area contributed by atoms with Gasteiger partial charge in [-0.05, 0) is 26.2 Å². The molecule has 1 aliphatic carbocycles. The number of rotatable bonds is 3. The van der Waals surface area contributed by atoms with E-state index in [0.717, 1.165) is 6.42 Å². The molecule has 2 heteroatoms. The van der Waals surface area contributed by atoms with E-state index < -0.39 is 0 Å². The molecule has 0 amide bonds. The van der Waals surface area contributed by atoms with Crippen molar-refractivity contribution in [3.63, 3.8) is 0 Å².